The number of aromatic nitrogens is 2. The number of carbonyl (C=O) groups is 1. The fourth-order valence-electron chi connectivity index (χ4n) is 5.97. The number of halogens is 1. The normalized spacial score (nSPS) is 20.3. The molecule has 0 saturated carbocycles. The first-order valence-electron chi connectivity index (χ1n) is 13.7. The zero-order valence-corrected chi connectivity index (χ0v) is 23.3. The predicted molar refractivity (Wildman–Crippen MR) is 155 cm³/mol. The zero-order valence-electron chi connectivity index (χ0n) is 22.5. The summed E-state index contributed by atoms with van der Waals surface area (Å²) in [5, 5.41) is 22.3. The van der Waals surface area contributed by atoms with Gasteiger partial charge in [0.15, 0.2) is 0 Å². The van der Waals surface area contributed by atoms with Crippen molar-refractivity contribution in [1.29, 1.82) is 10.5 Å². The first kappa shape index (κ1) is 27.4. The lowest BCUT2D eigenvalue weighted by Gasteiger charge is -2.43. The number of carbonyl (C=O) groups excluding carboxylic acids is 1. The molecule has 5 rings (SSSR count). The number of nitrogens with zero attached hydrogens (tertiary/aromatic N) is 6. The molecule has 2 saturated heterocycles. The minimum absolute atomic E-state index is 0.00422. The highest BCUT2D eigenvalue weighted by molar-refractivity contribution is 6.30. The second-order valence-corrected chi connectivity index (χ2v) is 11.1. The van der Waals surface area contributed by atoms with Gasteiger partial charge in [-0.2, -0.15) is 10.5 Å². The highest BCUT2D eigenvalue weighted by atomic mass is 35.5. The Morgan fingerprint density at radius 3 is 2.23 bits per heavy atom. The van der Waals surface area contributed by atoms with Gasteiger partial charge in [-0.25, -0.2) is 9.97 Å². The van der Waals surface area contributed by atoms with Crippen molar-refractivity contribution in [1.82, 2.24) is 14.9 Å². The maximum absolute atomic E-state index is 13.7. The molecule has 1 amide bonds. The van der Waals surface area contributed by atoms with Crippen molar-refractivity contribution in [2.24, 2.45) is 11.8 Å². The number of hydrogen-bond acceptors (Lipinski definition) is 7. The molecular formula is C31H32ClN7O. The van der Waals surface area contributed by atoms with Gasteiger partial charge in [0, 0.05) is 61.5 Å². The van der Waals surface area contributed by atoms with Crippen LogP contribution in [0.2, 0.25) is 5.02 Å². The van der Waals surface area contributed by atoms with Crippen molar-refractivity contribution in [3.8, 4) is 12.1 Å². The Kier molecular flexibility index (Phi) is 8.48. The SMILES string of the molecule is CC(Nc1ccc(C#N)cn1)[C@H]1CCN(C(=O)C2CCN(c3ccc(C#N)cn3)CC2)C[C@@H]1c1ccc(Cl)cc1. The first-order valence-corrected chi connectivity index (χ1v) is 14.1. The van der Waals surface area contributed by atoms with E-state index in [9.17, 15) is 4.79 Å². The van der Waals surface area contributed by atoms with E-state index in [4.69, 9.17) is 22.1 Å². The molecular weight excluding hydrogens is 522 g/mol. The second-order valence-electron chi connectivity index (χ2n) is 10.6. The maximum Gasteiger partial charge on any atom is 0.225 e. The van der Waals surface area contributed by atoms with Crippen LogP contribution >= 0.6 is 11.6 Å². The van der Waals surface area contributed by atoms with Crippen molar-refractivity contribution in [2.45, 2.75) is 38.1 Å². The molecule has 204 valence electrons. The van der Waals surface area contributed by atoms with Crippen LogP contribution in [0.15, 0.2) is 60.9 Å². The number of piperidine rings is 2. The number of rotatable bonds is 6. The van der Waals surface area contributed by atoms with Crippen LogP contribution in [0.5, 0.6) is 0 Å². The van der Waals surface area contributed by atoms with E-state index in [-0.39, 0.29) is 29.7 Å². The van der Waals surface area contributed by atoms with Crippen molar-refractivity contribution < 1.29 is 4.79 Å². The number of likely N-dealkylation sites (tertiary alicyclic amines) is 1. The monoisotopic (exact) mass is 553 g/mol. The molecule has 4 heterocycles. The number of amides is 1. The van der Waals surface area contributed by atoms with Gasteiger partial charge in [-0.1, -0.05) is 23.7 Å². The van der Waals surface area contributed by atoms with Gasteiger partial charge in [-0.15, -0.1) is 0 Å². The number of benzene rings is 1. The molecule has 1 unspecified atom stereocenters. The highest BCUT2D eigenvalue weighted by Gasteiger charge is 2.38. The molecule has 2 aliphatic rings. The Labute approximate surface area is 240 Å². The third-order valence-corrected chi connectivity index (χ3v) is 8.48. The number of nitriles is 2. The van der Waals surface area contributed by atoms with Crippen LogP contribution in [0.1, 0.15) is 48.8 Å². The summed E-state index contributed by atoms with van der Waals surface area (Å²) in [6.45, 7) is 5.08. The first-order chi connectivity index (χ1) is 19.4. The lowest BCUT2D eigenvalue weighted by atomic mass is 9.76. The molecule has 0 spiro atoms. The molecule has 3 atom stereocenters. The van der Waals surface area contributed by atoms with Gasteiger partial charge >= 0.3 is 0 Å². The van der Waals surface area contributed by atoms with Gasteiger partial charge in [0.2, 0.25) is 5.91 Å². The van der Waals surface area contributed by atoms with E-state index in [1.165, 1.54) is 5.56 Å². The summed E-state index contributed by atoms with van der Waals surface area (Å²) in [4.78, 5) is 26.8. The lowest BCUT2D eigenvalue weighted by Crippen LogP contribution is -2.50. The molecule has 2 aromatic heterocycles. The van der Waals surface area contributed by atoms with E-state index in [2.05, 4.69) is 56.3 Å². The molecule has 8 nitrogen and oxygen atoms in total. The standard InChI is InChI=1S/C31H32ClN7O/c1-21(37-29-8-2-22(16-33)18-35-29)27-12-15-39(20-28(27)24-4-6-26(32)7-5-24)31(40)25-10-13-38(14-11-25)30-9-3-23(17-34)19-36-30/h2-9,18-19,21,25,27-28H,10-15,20H2,1H3,(H,35,37)/t21?,27-,28-/m1/s1. The molecule has 0 radical (unpaired) electrons. The molecule has 0 aliphatic carbocycles. The molecule has 1 N–H and O–H groups in total. The van der Waals surface area contributed by atoms with E-state index in [0.29, 0.717) is 22.7 Å². The summed E-state index contributed by atoms with van der Waals surface area (Å²) < 4.78 is 0. The summed E-state index contributed by atoms with van der Waals surface area (Å²) in [6.07, 6.45) is 5.62. The minimum atomic E-state index is -0.00422. The summed E-state index contributed by atoms with van der Waals surface area (Å²) in [6, 6.07) is 19.6. The Balaban J connectivity index is 1.25. The number of anilines is 2. The number of hydrogen-bond donors (Lipinski definition) is 1. The predicted octanol–water partition coefficient (Wildman–Crippen LogP) is 5.22. The summed E-state index contributed by atoms with van der Waals surface area (Å²) >= 11 is 6.20. The lowest BCUT2D eigenvalue weighted by molar-refractivity contribution is -0.138. The van der Waals surface area contributed by atoms with Crippen molar-refractivity contribution in [3.05, 3.63) is 82.6 Å². The Bertz CT molecular complexity index is 1390. The van der Waals surface area contributed by atoms with Crippen LogP contribution < -0.4 is 10.2 Å². The van der Waals surface area contributed by atoms with Crippen molar-refractivity contribution in [3.63, 3.8) is 0 Å². The maximum atomic E-state index is 13.7. The quantitative estimate of drug-likeness (QED) is 0.445. The summed E-state index contributed by atoms with van der Waals surface area (Å²) in [5.74, 6) is 2.26. The molecule has 0 bridgehead atoms. The molecule has 2 fully saturated rings. The van der Waals surface area contributed by atoms with E-state index in [1.807, 2.05) is 24.3 Å². The van der Waals surface area contributed by atoms with Crippen LogP contribution in [0.4, 0.5) is 11.6 Å². The molecule has 1 aromatic carbocycles. The van der Waals surface area contributed by atoms with E-state index in [0.717, 1.165) is 50.5 Å². The molecule has 40 heavy (non-hydrogen) atoms. The van der Waals surface area contributed by atoms with Crippen LogP contribution in [0.3, 0.4) is 0 Å². The molecule has 9 heteroatoms. The van der Waals surface area contributed by atoms with Crippen LogP contribution in [-0.4, -0.2) is 53.0 Å². The van der Waals surface area contributed by atoms with Crippen LogP contribution in [0, 0.1) is 34.5 Å². The van der Waals surface area contributed by atoms with Gasteiger partial charge in [-0.05, 0) is 74.1 Å². The van der Waals surface area contributed by atoms with E-state index >= 15 is 0 Å². The third-order valence-electron chi connectivity index (χ3n) is 8.23. The number of pyridine rings is 2. The van der Waals surface area contributed by atoms with E-state index < -0.39 is 0 Å². The van der Waals surface area contributed by atoms with Crippen molar-refractivity contribution in [2.75, 3.05) is 36.4 Å². The zero-order chi connectivity index (χ0) is 28.1. The Morgan fingerprint density at radius 1 is 0.950 bits per heavy atom. The Hall–Kier alpha value is -4.14. The van der Waals surface area contributed by atoms with Gasteiger partial charge in [0.25, 0.3) is 0 Å². The van der Waals surface area contributed by atoms with Gasteiger partial charge in [0.05, 0.1) is 11.1 Å². The summed E-state index contributed by atoms with van der Waals surface area (Å²) in [5.41, 5.74) is 2.25. The van der Waals surface area contributed by atoms with Crippen molar-refractivity contribution >= 4 is 29.1 Å². The highest BCUT2D eigenvalue weighted by Crippen LogP contribution is 2.37. The average Bonchev–Trinajstić information content (AvgIpc) is 3.01. The largest absolute Gasteiger partial charge is 0.367 e. The average molecular weight is 554 g/mol. The fourth-order valence-corrected chi connectivity index (χ4v) is 6.10. The van der Waals surface area contributed by atoms with E-state index in [1.54, 1.807) is 24.5 Å². The smallest absolute Gasteiger partial charge is 0.225 e. The van der Waals surface area contributed by atoms with Gasteiger partial charge in [-0.3, -0.25) is 4.79 Å². The Morgan fingerprint density at radius 2 is 1.62 bits per heavy atom. The van der Waals surface area contributed by atoms with Gasteiger partial charge in [0.1, 0.15) is 23.8 Å². The topological polar surface area (TPSA) is 109 Å². The molecule has 2 aliphatic heterocycles. The second kappa shape index (κ2) is 12.4. The fraction of sp³-hybridized carbons (Fsp3) is 0.387. The van der Waals surface area contributed by atoms with Crippen LogP contribution in [0.25, 0.3) is 0 Å². The third kappa shape index (κ3) is 6.19. The molecule has 3 aromatic rings. The van der Waals surface area contributed by atoms with Crippen LogP contribution in [-0.2, 0) is 4.79 Å². The number of nitrogens with one attached hydrogen (secondary N) is 1. The van der Waals surface area contributed by atoms with Gasteiger partial charge < -0.3 is 15.1 Å². The minimum Gasteiger partial charge on any atom is -0.367 e. The summed E-state index contributed by atoms with van der Waals surface area (Å²) in [7, 11) is 0.